The van der Waals surface area contributed by atoms with Crippen LogP contribution in [0.4, 0.5) is 32.2 Å². The molecule has 0 saturated carbocycles. The molecule has 0 aliphatic heterocycles. The minimum absolute atomic E-state index is 0.00202. The molecule has 168 valence electrons. The van der Waals surface area contributed by atoms with Gasteiger partial charge in [-0.3, -0.25) is 0 Å². The van der Waals surface area contributed by atoms with E-state index in [1.165, 1.54) is 23.4 Å². The van der Waals surface area contributed by atoms with Crippen LogP contribution in [-0.4, -0.2) is 29.9 Å². The first-order valence-corrected chi connectivity index (χ1v) is 9.11. The van der Waals surface area contributed by atoms with Crippen LogP contribution in [0.3, 0.4) is 0 Å². The van der Waals surface area contributed by atoms with Crippen molar-refractivity contribution >= 4 is 16.8 Å². The number of nitrogens with one attached hydrogen (secondary N) is 1. The summed E-state index contributed by atoms with van der Waals surface area (Å²) in [7, 11) is 0. The molecule has 8 nitrogen and oxygen atoms in total. The lowest BCUT2D eigenvalue weighted by molar-refractivity contribution is -0.142. The van der Waals surface area contributed by atoms with Crippen molar-refractivity contribution in [2.75, 3.05) is 5.32 Å². The van der Waals surface area contributed by atoms with Crippen LogP contribution in [0.25, 0.3) is 16.9 Å². The first kappa shape index (κ1) is 21.5. The Morgan fingerprint density at radius 1 is 1.03 bits per heavy atom. The van der Waals surface area contributed by atoms with Crippen LogP contribution in [0, 0.1) is 0 Å². The van der Waals surface area contributed by atoms with Gasteiger partial charge in [-0.15, -0.1) is 0 Å². The Hall–Kier alpha value is -3.71. The van der Waals surface area contributed by atoms with Crippen LogP contribution in [0.5, 0.6) is 0 Å². The number of nitrogens with zero attached hydrogens (tertiary/aromatic N) is 6. The Morgan fingerprint density at radius 3 is 2.38 bits per heavy atom. The zero-order valence-corrected chi connectivity index (χ0v) is 16.1. The van der Waals surface area contributed by atoms with E-state index in [0.29, 0.717) is 12.5 Å². The Morgan fingerprint density at radius 2 is 1.75 bits per heavy atom. The predicted octanol–water partition coefficient (Wildman–Crippen LogP) is 4.80. The van der Waals surface area contributed by atoms with E-state index < -0.39 is 40.5 Å². The van der Waals surface area contributed by atoms with Crippen LogP contribution in [-0.2, 0) is 12.4 Å². The molecule has 4 rings (SSSR count). The van der Waals surface area contributed by atoms with Crippen molar-refractivity contribution in [1.82, 2.24) is 29.9 Å². The van der Waals surface area contributed by atoms with Gasteiger partial charge in [0, 0.05) is 12.4 Å². The lowest BCUT2D eigenvalue weighted by Crippen LogP contribution is -2.17. The largest absolute Gasteiger partial charge is 0.420 e. The van der Waals surface area contributed by atoms with Crippen LogP contribution < -0.4 is 5.32 Å². The van der Waals surface area contributed by atoms with Crippen LogP contribution in [0.2, 0.25) is 0 Å². The number of hydrogen-bond donors (Lipinski definition) is 1. The third-order valence-corrected chi connectivity index (χ3v) is 4.55. The third-order valence-electron chi connectivity index (χ3n) is 4.55. The monoisotopic (exact) mass is 457 g/mol. The second-order valence-electron chi connectivity index (χ2n) is 6.61. The number of alkyl halides is 6. The maximum absolute atomic E-state index is 13.4. The number of fused-ring (bicyclic) bond motifs is 1. The van der Waals surface area contributed by atoms with Gasteiger partial charge in [0.15, 0.2) is 17.2 Å². The fourth-order valence-electron chi connectivity index (χ4n) is 3.08. The van der Waals surface area contributed by atoms with Crippen molar-refractivity contribution in [3.63, 3.8) is 0 Å². The molecule has 1 unspecified atom stereocenters. The van der Waals surface area contributed by atoms with E-state index in [2.05, 4.69) is 30.5 Å². The normalized spacial score (nSPS) is 13.5. The summed E-state index contributed by atoms with van der Waals surface area (Å²) < 4.78 is 85.9. The summed E-state index contributed by atoms with van der Waals surface area (Å²) in [5.41, 5.74) is -3.86. The number of benzene rings is 1. The van der Waals surface area contributed by atoms with Gasteiger partial charge in [-0.2, -0.15) is 36.1 Å². The molecule has 1 N–H and O–H groups in total. The molecule has 0 fully saturated rings. The first-order valence-electron chi connectivity index (χ1n) is 9.11. The summed E-state index contributed by atoms with van der Waals surface area (Å²) in [5, 5.41) is 9.93. The molecule has 3 aromatic heterocycles. The molecule has 1 aromatic carbocycles. The summed E-state index contributed by atoms with van der Waals surface area (Å²) in [6.07, 6.45) is -5.58. The molecule has 0 spiro atoms. The van der Waals surface area contributed by atoms with E-state index in [1.807, 2.05) is 0 Å². The third kappa shape index (κ3) is 3.94. The lowest BCUT2D eigenvalue weighted by atomic mass is 10.1. The molecule has 3 heterocycles. The molecule has 0 bridgehead atoms. The molecule has 0 aliphatic rings. The van der Waals surface area contributed by atoms with Crippen molar-refractivity contribution in [2.24, 2.45) is 0 Å². The van der Waals surface area contributed by atoms with Gasteiger partial charge in [0.25, 0.3) is 5.95 Å². The van der Waals surface area contributed by atoms with Crippen molar-refractivity contribution < 1.29 is 30.9 Å². The second-order valence-corrected chi connectivity index (χ2v) is 6.61. The Bertz CT molecular complexity index is 1230. The van der Waals surface area contributed by atoms with Gasteiger partial charge >= 0.3 is 12.4 Å². The highest BCUT2D eigenvalue weighted by molar-refractivity contribution is 5.91. The minimum atomic E-state index is -5.08. The summed E-state index contributed by atoms with van der Waals surface area (Å²) in [6.45, 7) is 1.73. The molecular weight excluding hydrogens is 444 g/mol. The van der Waals surface area contributed by atoms with Gasteiger partial charge in [-0.05, 0) is 24.6 Å². The smallest absolute Gasteiger partial charge is 0.357 e. The second kappa shape index (κ2) is 7.76. The molecule has 1 atom stereocenters. The van der Waals surface area contributed by atoms with E-state index in [0.717, 1.165) is 0 Å². The number of halogens is 6. The fourth-order valence-corrected chi connectivity index (χ4v) is 3.08. The highest BCUT2D eigenvalue weighted by Crippen LogP contribution is 2.42. The first-order chi connectivity index (χ1) is 15.1. The quantitative estimate of drug-likeness (QED) is 0.430. The summed E-state index contributed by atoms with van der Waals surface area (Å²) in [5.74, 6) is 0.161. The van der Waals surface area contributed by atoms with Crippen LogP contribution in [0.15, 0.2) is 41.4 Å². The van der Waals surface area contributed by atoms with Gasteiger partial charge in [0.05, 0.1) is 17.0 Å². The van der Waals surface area contributed by atoms with Crippen molar-refractivity contribution in [3.05, 3.63) is 53.9 Å². The topological polar surface area (TPSA) is 94.6 Å². The molecule has 0 amide bonds. The average Bonchev–Trinajstić information content (AvgIpc) is 3.38. The van der Waals surface area contributed by atoms with Gasteiger partial charge in [-0.1, -0.05) is 12.1 Å². The molecular formula is C18H13F6N7O. The molecule has 32 heavy (non-hydrogen) atoms. The lowest BCUT2D eigenvalue weighted by Gasteiger charge is -2.16. The summed E-state index contributed by atoms with van der Waals surface area (Å²) in [4.78, 5) is 12.2. The maximum Gasteiger partial charge on any atom is 0.420 e. The molecule has 0 radical (unpaired) electrons. The minimum Gasteiger partial charge on any atom is -0.357 e. The number of anilines is 1. The van der Waals surface area contributed by atoms with E-state index in [-0.39, 0.29) is 23.7 Å². The van der Waals surface area contributed by atoms with Crippen LogP contribution in [0.1, 0.15) is 36.3 Å². The summed E-state index contributed by atoms with van der Waals surface area (Å²) >= 11 is 0. The maximum atomic E-state index is 13.4. The van der Waals surface area contributed by atoms with Gasteiger partial charge in [0.2, 0.25) is 0 Å². The molecule has 0 aliphatic carbocycles. The molecule has 0 saturated heterocycles. The van der Waals surface area contributed by atoms with Crippen molar-refractivity contribution in [1.29, 1.82) is 0 Å². The van der Waals surface area contributed by atoms with E-state index >= 15 is 0 Å². The van der Waals surface area contributed by atoms with Gasteiger partial charge < -0.3 is 9.84 Å². The fraction of sp³-hybridized carbons (Fsp3) is 0.278. The molecule has 14 heteroatoms. The number of aromatic nitrogens is 6. The molecule has 4 aromatic rings. The SMILES string of the molecule is CCC(Nc1noc2c(C(F)(F)F)cc(C(F)(F)F)cc12)c1ncnn1-c1ncccn1. The Kier molecular flexibility index (Phi) is 5.22. The number of rotatable bonds is 5. The zero-order chi connectivity index (χ0) is 23.1. The highest BCUT2D eigenvalue weighted by Gasteiger charge is 2.40. The summed E-state index contributed by atoms with van der Waals surface area (Å²) in [6, 6.07) is 1.44. The van der Waals surface area contributed by atoms with E-state index in [4.69, 9.17) is 4.52 Å². The average molecular weight is 457 g/mol. The van der Waals surface area contributed by atoms with Crippen LogP contribution >= 0.6 is 0 Å². The predicted molar refractivity (Wildman–Crippen MR) is 97.6 cm³/mol. The van der Waals surface area contributed by atoms with E-state index in [9.17, 15) is 26.3 Å². The Labute approximate surface area is 175 Å². The number of hydrogen-bond acceptors (Lipinski definition) is 7. The van der Waals surface area contributed by atoms with Crippen molar-refractivity contribution in [2.45, 2.75) is 31.7 Å². The van der Waals surface area contributed by atoms with E-state index in [1.54, 1.807) is 13.0 Å². The Balaban J connectivity index is 1.79. The standard InChI is InChI=1S/C18H13F6N7O/c1-2-12(15-27-8-28-31(15)16-25-4-3-5-26-16)29-14-10-6-9(17(19,20)21)7-11(18(22,23)24)13(10)32-30-14/h3-8,12H,2H2,1H3,(H,29,30). The van der Waals surface area contributed by atoms with Gasteiger partial charge in [0.1, 0.15) is 11.9 Å². The van der Waals surface area contributed by atoms with Crippen molar-refractivity contribution in [3.8, 4) is 5.95 Å². The zero-order valence-electron chi connectivity index (χ0n) is 16.1. The highest BCUT2D eigenvalue weighted by atomic mass is 19.4. The van der Waals surface area contributed by atoms with Gasteiger partial charge in [-0.25, -0.2) is 15.0 Å².